The summed E-state index contributed by atoms with van der Waals surface area (Å²) < 4.78 is 55.2. The van der Waals surface area contributed by atoms with Crippen molar-refractivity contribution in [2.45, 2.75) is 31.5 Å². The summed E-state index contributed by atoms with van der Waals surface area (Å²) >= 11 is 0. The molecule has 0 spiro atoms. The quantitative estimate of drug-likeness (QED) is 0.512. The molecule has 0 N–H and O–H groups in total. The van der Waals surface area contributed by atoms with Gasteiger partial charge >= 0.3 is 6.18 Å². The van der Waals surface area contributed by atoms with Crippen LogP contribution < -0.4 is 5.46 Å². The first-order valence-corrected chi connectivity index (χ1v) is 7.95. The maximum Gasteiger partial charge on any atom is 0.416 e. The fraction of sp³-hybridized carbons (Fsp3) is 0.278. The summed E-state index contributed by atoms with van der Waals surface area (Å²) in [7, 11) is 5.65. The molecule has 0 fully saturated rings. The summed E-state index contributed by atoms with van der Waals surface area (Å²) in [5.41, 5.74) is 0.802. The Hall–Kier alpha value is -2.31. The number of halogens is 4. The summed E-state index contributed by atoms with van der Waals surface area (Å²) in [6, 6.07) is 8.24. The Balaban J connectivity index is 1.76. The number of nitrogens with zero attached hydrogens (tertiary/aromatic N) is 2. The molecular formula is C18H13BF4N2. The maximum atomic E-state index is 13.6. The number of rotatable bonds is 2. The molecule has 1 atom stereocenters. The van der Waals surface area contributed by atoms with E-state index in [1.165, 1.54) is 24.3 Å². The van der Waals surface area contributed by atoms with Gasteiger partial charge in [-0.05, 0) is 30.5 Å². The largest absolute Gasteiger partial charge is 0.416 e. The van der Waals surface area contributed by atoms with Crippen molar-refractivity contribution in [1.29, 1.82) is 0 Å². The number of alkyl halides is 3. The highest BCUT2D eigenvalue weighted by atomic mass is 19.4. The summed E-state index contributed by atoms with van der Waals surface area (Å²) in [4.78, 5) is 4.40. The molecular weight excluding hydrogens is 331 g/mol. The first-order valence-electron chi connectivity index (χ1n) is 7.95. The van der Waals surface area contributed by atoms with Crippen LogP contribution in [-0.2, 0) is 19.0 Å². The lowest BCUT2D eigenvalue weighted by Gasteiger charge is -2.18. The zero-order valence-electron chi connectivity index (χ0n) is 13.1. The Labute approximate surface area is 142 Å². The van der Waals surface area contributed by atoms with Crippen LogP contribution in [0.5, 0.6) is 0 Å². The summed E-state index contributed by atoms with van der Waals surface area (Å²) in [6.45, 7) is 0. The Morgan fingerprint density at radius 1 is 1.20 bits per heavy atom. The number of imidazole rings is 1. The second-order valence-corrected chi connectivity index (χ2v) is 6.31. The lowest BCUT2D eigenvalue weighted by Crippen LogP contribution is -2.14. The van der Waals surface area contributed by atoms with E-state index < -0.39 is 17.6 Å². The fourth-order valence-electron chi connectivity index (χ4n) is 3.61. The second-order valence-electron chi connectivity index (χ2n) is 6.31. The van der Waals surface area contributed by atoms with Crippen molar-refractivity contribution in [3.05, 3.63) is 59.2 Å². The minimum absolute atomic E-state index is 0.0107. The van der Waals surface area contributed by atoms with E-state index in [1.54, 1.807) is 6.07 Å². The van der Waals surface area contributed by atoms with Crippen LogP contribution in [0.4, 0.5) is 17.6 Å². The fourth-order valence-corrected chi connectivity index (χ4v) is 3.61. The number of benzene rings is 2. The predicted octanol–water partition coefficient (Wildman–Crippen LogP) is 3.72. The van der Waals surface area contributed by atoms with Crippen molar-refractivity contribution >= 4 is 24.3 Å². The molecule has 7 heteroatoms. The highest BCUT2D eigenvalue weighted by molar-refractivity contribution is 6.33. The molecule has 126 valence electrons. The van der Waals surface area contributed by atoms with E-state index >= 15 is 0 Å². The molecule has 0 aliphatic carbocycles. The Morgan fingerprint density at radius 2 is 1.96 bits per heavy atom. The predicted molar refractivity (Wildman–Crippen MR) is 87.6 cm³/mol. The number of hydrogen-bond acceptors (Lipinski definition) is 1. The third-order valence-electron chi connectivity index (χ3n) is 4.73. The third kappa shape index (κ3) is 2.71. The van der Waals surface area contributed by atoms with Crippen LogP contribution in [0.1, 0.15) is 29.4 Å². The summed E-state index contributed by atoms with van der Waals surface area (Å²) in [5, 5.41) is 0. The normalized spacial score (nSPS) is 17.2. The molecule has 0 saturated heterocycles. The van der Waals surface area contributed by atoms with Crippen LogP contribution in [0.15, 0.2) is 36.4 Å². The van der Waals surface area contributed by atoms with Crippen molar-refractivity contribution in [1.82, 2.24) is 9.55 Å². The minimum atomic E-state index is -4.39. The van der Waals surface area contributed by atoms with E-state index in [0.717, 1.165) is 11.9 Å². The molecule has 3 aromatic rings. The Kier molecular flexibility index (Phi) is 3.63. The van der Waals surface area contributed by atoms with Crippen LogP contribution in [0, 0.1) is 5.82 Å². The van der Waals surface area contributed by atoms with Gasteiger partial charge in [0.05, 0.1) is 16.6 Å². The van der Waals surface area contributed by atoms with Gasteiger partial charge < -0.3 is 4.57 Å². The van der Waals surface area contributed by atoms with E-state index in [-0.39, 0.29) is 23.5 Å². The van der Waals surface area contributed by atoms with Crippen molar-refractivity contribution in [3.8, 4) is 0 Å². The van der Waals surface area contributed by atoms with Crippen molar-refractivity contribution in [2.24, 2.45) is 0 Å². The van der Waals surface area contributed by atoms with Gasteiger partial charge in [0.1, 0.15) is 19.5 Å². The van der Waals surface area contributed by atoms with Gasteiger partial charge in [-0.3, -0.25) is 0 Å². The molecule has 2 nitrogen and oxygen atoms in total. The van der Waals surface area contributed by atoms with Crippen LogP contribution in [0.2, 0.25) is 0 Å². The Morgan fingerprint density at radius 3 is 2.72 bits per heavy atom. The van der Waals surface area contributed by atoms with Gasteiger partial charge in [-0.15, -0.1) is 0 Å². The van der Waals surface area contributed by atoms with Gasteiger partial charge in [-0.1, -0.05) is 23.7 Å². The first kappa shape index (κ1) is 16.2. The van der Waals surface area contributed by atoms with E-state index in [0.29, 0.717) is 23.9 Å². The molecule has 1 aromatic heterocycles. The van der Waals surface area contributed by atoms with Crippen LogP contribution in [0.3, 0.4) is 0 Å². The first-order chi connectivity index (χ1) is 11.8. The number of hydrogen-bond donors (Lipinski definition) is 0. The molecule has 2 aromatic carbocycles. The highest BCUT2D eigenvalue weighted by Gasteiger charge is 2.34. The zero-order valence-corrected chi connectivity index (χ0v) is 13.1. The van der Waals surface area contributed by atoms with Gasteiger partial charge in [0.25, 0.3) is 0 Å². The molecule has 1 unspecified atom stereocenters. The zero-order chi connectivity index (χ0) is 17.8. The van der Waals surface area contributed by atoms with E-state index in [9.17, 15) is 17.6 Å². The minimum Gasteiger partial charge on any atom is -0.325 e. The molecule has 0 bridgehead atoms. The van der Waals surface area contributed by atoms with E-state index in [1.807, 2.05) is 4.57 Å². The van der Waals surface area contributed by atoms with Crippen LogP contribution in [-0.4, -0.2) is 17.4 Å². The summed E-state index contributed by atoms with van der Waals surface area (Å²) in [5.74, 6) is 0.220. The average Bonchev–Trinajstić information content (AvgIpc) is 3.08. The molecule has 25 heavy (non-hydrogen) atoms. The molecule has 2 heterocycles. The number of fused-ring (bicyclic) bond motifs is 3. The lowest BCUT2D eigenvalue weighted by atomic mass is 9.94. The second kappa shape index (κ2) is 5.61. The lowest BCUT2D eigenvalue weighted by molar-refractivity contribution is -0.138. The van der Waals surface area contributed by atoms with Gasteiger partial charge in [-0.25, -0.2) is 9.37 Å². The van der Waals surface area contributed by atoms with Crippen molar-refractivity contribution in [2.75, 3.05) is 0 Å². The molecule has 1 aliphatic rings. The van der Waals surface area contributed by atoms with Crippen molar-refractivity contribution < 1.29 is 17.6 Å². The molecule has 2 radical (unpaired) electrons. The highest BCUT2D eigenvalue weighted by Crippen LogP contribution is 2.37. The maximum absolute atomic E-state index is 13.6. The van der Waals surface area contributed by atoms with Gasteiger partial charge in [-0.2, -0.15) is 13.2 Å². The average molecular weight is 344 g/mol. The number of aromatic nitrogens is 2. The van der Waals surface area contributed by atoms with Crippen LogP contribution >= 0.6 is 0 Å². The smallest absolute Gasteiger partial charge is 0.325 e. The molecule has 4 rings (SSSR count). The van der Waals surface area contributed by atoms with Gasteiger partial charge in [0, 0.05) is 18.5 Å². The van der Waals surface area contributed by atoms with E-state index in [2.05, 4.69) is 4.98 Å². The third-order valence-corrected chi connectivity index (χ3v) is 4.73. The molecule has 0 saturated carbocycles. The molecule has 0 amide bonds. The summed E-state index contributed by atoms with van der Waals surface area (Å²) in [6.07, 6.45) is -2.80. The van der Waals surface area contributed by atoms with Crippen LogP contribution in [0.25, 0.3) is 11.0 Å². The monoisotopic (exact) mass is 344 g/mol. The molecule has 1 aliphatic heterocycles. The topological polar surface area (TPSA) is 17.8 Å². The van der Waals surface area contributed by atoms with E-state index in [4.69, 9.17) is 7.85 Å². The van der Waals surface area contributed by atoms with Crippen molar-refractivity contribution in [3.63, 3.8) is 0 Å². The SMILES string of the molecule is [B]c1cc2c(cc1F)nc1n2C(Cc2ccccc2C(F)(F)F)CC1. The Bertz CT molecular complexity index is 962. The van der Waals surface area contributed by atoms with Gasteiger partial charge in [0.15, 0.2) is 0 Å². The van der Waals surface area contributed by atoms with Gasteiger partial charge in [0.2, 0.25) is 0 Å². The number of aryl methyl sites for hydroxylation is 1. The standard InChI is InChI=1S/C18H13BF4N2/c19-13-8-16-15(9-14(13)20)24-17-6-5-11(25(16)17)7-10-3-1-2-4-12(10)18(21,22)23/h1-4,8-9,11H,5-7H2.